The van der Waals surface area contributed by atoms with Crippen molar-refractivity contribution in [3.63, 3.8) is 0 Å². The van der Waals surface area contributed by atoms with Crippen LogP contribution in [0.4, 0.5) is 0 Å². The zero-order valence-corrected chi connectivity index (χ0v) is 17.4. The van der Waals surface area contributed by atoms with Gasteiger partial charge in [-0.15, -0.1) is 10.2 Å². The van der Waals surface area contributed by atoms with Crippen LogP contribution in [0.25, 0.3) is 17.0 Å². The maximum absolute atomic E-state index is 12.8. The van der Waals surface area contributed by atoms with Crippen molar-refractivity contribution in [3.8, 4) is 11.4 Å². The Morgan fingerprint density at radius 3 is 2.93 bits per heavy atom. The van der Waals surface area contributed by atoms with E-state index in [4.69, 9.17) is 4.74 Å². The summed E-state index contributed by atoms with van der Waals surface area (Å²) in [5, 5.41) is 13.6. The first-order valence-corrected chi connectivity index (χ1v) is 10.9. The van der Waals surface area contributed by atoms with Crippen molar-refractivity contribution in [3.05, 3.63) is 36.7 Å². The molecule has 4 heterocycles. The molecule has 3 aromatic rings. The van der Waals surface area contributed by atoms with Crippen molar-refractivity contribution >= 4 is 29.3 Å². The molecule has 9 nitrogen and oxygen atoms in total. The predicted molar refractivity (Wildman–Crippen MR) is 111 cm³/mol. The molecule has 1 unspecified atom stereocenters. The largest absolute Gasteiger partial charge is 0.464 e. The van der Waals surface area contributed by atoms with Crippen LogP contribution in [-0.2, 0) is 14.3 Å². The van der Waals surface area contributed by atoms with Crippen LogP contribution in [-0.4, -0.2) is 66.5 Å². The van der Waals surface area contributed by atoms with E-state index in [1.165, 1.54) is 11.8 Å². The topological polar surface area (TPSA) is 103 Å². The highest BCUT2D eigenvalue weighted by molar-refractivity contribution is 7.99. The lowest BCUT2D eigenvalue weighted by molar-refractivity contribution is -0.155. The Morgan fingerprint density at radius 1 is 1.23 bits per heavy atom. The fourth-order valence-corrected chi connectivity index (χ4v) is 4.20. The van der Waals surface area contributed by atoms with Crippen LogP contribution in [0.3, 0.4) is 0 Å². The van der Waals surface area contributed by atoms with E-state index in [-0.39, 0.29) is 17.6 Å². The minimum absolute atomic E-state index is 0.0871. The van der Waals surface area contributed by atoms with Crippen molar-refractivity contribution in [1.29, 1.82) is 0 Å². The van der Waals surface area contributed by atoms with Crippen LogP contribution >= 0.6 is 11.8 Å². The Bertz CT molecular complexity index is 1040. The average Bonchev–Trinajstić information content (AvgIpc) is 3.21. The average molecular weight is 427 g/mol. The number of piperidine rings is 1. The summed E-state index contributed by atoms with van der Waals surface area (Å²) in [5.41, 5.74) is 1.42. The van der Waals surface area contributed by atoms with Gasteiger partial charge >= 0.3 is 5.97 Å². The number of amides is 1. The molecule has 1 amide bonds. The number of esters is 1. The van der Waals surface area contributed by atoms with E-state index in [0.29, 0.717) is 36.1 Å². The first kappa shape index (κ1) is 20.3. The fraction of sp³-hybridized carbons (Fsp3) is 0.400. The summed E-state index contributed by atoms with van der Waals surface area (Å²) in [7, 11) is 0. The standard InChI is InChI=1S/C20H22N6O3S/c1-2-29-20(28)15-7-3-4-11-25(15)18(27)13-30-17-9-8-16-22-23-19(26(16)24-17)14-6-5-10-21-12-14/h5-6,8-10,12,15H,2-4,7,11,13H2,1H3. The molecule has 3 aromatic heterocycles. The second kappa shape index (κ2) is 9.21. The van der Waals surface area contributed by atoms with Gasteiger partial charge in [0.1, 0.15) is 11.1 Å². The third kappa shape index (κ3) is 4.28. The number of carbonyl (C=O) groups excluding carboxylic acids is 2. The van der Waals surface area contributed by atoms with Crippen LogP contribution in [0.15, 0.2) is 41.7 Å². The zero-order valence-electron chi connectivity index (χ0n) is 16.6. The molecule has 1 aliphatic heterocycles. The molecule has 1 saturated heterocycles. The summed E-state index contributed by atoms with van der Waals surface area (Å²) >= 11 is 1.32. The van der Waals surface area contributed by atoms with Crippen molar-refractivity contribution in [2.24, 2.45) is 0 Å². The van der Waals surface area contributed by atoms with Crippen LogP contribution in [0.5, 0.6) is 0 Å². The molecule has 0 aliphatic carbocycles. The number of hydrogen-bond donors (Lipinski definition) is 0. The third-order valence-corrected chi connectivity index (χ3v) is 5.79. The Balaban J connectivity index is 1.48. The molecule has 0 saturated carbocycles. The lowest BCUT2D eigenvalue weighted by atomic mass is 10.0. The minimum Gasteiger partial charge on any atom is -0.464 e. The number of carbonyl (C=O) groups is 2. The first-order valence-electron chi connectivity index (χ1n) is 9.89. The van der Waals surface area contributed by atoms with Crippen molar-refractivity contribution in [2.45, 2.75) is 37.3 Å². The second-order valence-corrected chi connectivity index (χ2v) is 7.84. The van der Waals surface area contributed by atoms with E-state index in [2.05, 4.69) is 20.3 Å². The molecule has 10 heteroatoms. The number of hydrogen-bond acceptors (Lipinski definition) is 8. The highest BCUT2D eigenvalue weighted by Crippen LogP contribution is 2.23. The van der Waals surface area contributed by atoms with Gasteiger partial charge in [0, 0.05) is 24.5 Å². The summed E-state index contributed by atoms with van der Waals surface area (Å²) < 4.78 is 6.79. The van der Waals surface area contributed by atoms with Gasteiger partial charge in [0.15, 0.2) is 11.5 Å². The lowest BCUT2D eigenvalue weighted by Crippen LogP contribution is -2.49. The first-order chi connectivity index (χ1) is 14.7. The molecule has 1 atom stereocenters. The highest BCUT2D eigenvalue weighted by Gasteiger charge is 2.33. The number of fused-ring (bicyclic) bond motifs is 1. The van der Waals surface area contributed by atoms with Gasteiger partial charge in [-0.05, 0) is 50.5 Å². The number of likely N-dealkylation sites (tertiary alicyclic amines) is 1. The second-order valence-electron chi connectivity index (χ2n) is 6.85. The third-order valence-electron chi connectivity index (χ3n) is 4.88. The molecule has 0 bridgehead atoms. The van der Waals surface area contributed by atoms with Crippen molar-refractivity contribution < 1.29 is 14.3 Å². The maximum atomic E-state index is 12.8. The Hall–Kier alpha value is -3.01. The Labute approximate surface area is 177 Å². The van der Waals surface area contributed by atoms with E-state index < -0.39 is 6.04 Å². The van der Waals surface area contributed by atoms with Gasteiger partial charge in [-0.2, -0.15) is 9.61 Å². The van der Waals surface area contributed by atoms with Gasteiger partial charge in [-0.25, -0.2) is 4.79 Å². The zero-order chi connectivity index (χ0) is 20.9. The lowest BCUT2D eigenvalue weighted by Gasteiger charge is -2.33. The van der Waals surface area contributed by atoms with Crippen LogP contribution in [0, 0.1) is 0 Å². The van der Waals surface area contributed by atoms with E-state index in [1.54, 1.807) is 28.7 Å². The summed E-state index contributed by atoms with van der Waals surface area (Å²) in [4.78, 5) is 30.8. The molecular weight excluding hydrogens is 404 g/mol. The number of rotatable bonds is 6. The van der Waals surface area contributed by atoms with Crippen LogP contribution < -0.4 is 0 Å². The molecule has 1 aliphatic rings. The normalized spacial score (nSPS) is 16.6. The highest BCUT2D eigenvalue weighted by atomic mass is 32.2. The summed E-state index contributed by atoms with van der Waals surface area (Å²) in [6.07, 6.45) is 5.86. The van der Waals surface area contributed by atoms with Gasteiger partial charge in [0.05, 0.1) is 12.4 Å². The van der Waals surface area contributed by atoms with E-state index in [0.717, 1.165) is 18.4 Å². The smallest absolute Gasteiger partial charge is 0.328 e. The summed E-state index contributed by atoms with van der Waals surface area (Å²) in [5.74, 6) is 0.376. The molecule has 156 valence electrons. The molecule has 4 rings (SSSR count). The number of ether oxygens (including phenoxy) is 1. The molecule has 1 fully saturated rings. The molecule has 0 radical (unpaired) electrons. The molecule has 0 aromatic carbocycles. The summed E-state index contributed by atoms with van der Waals surface area (Å²) in [6, 6.07) is 6.85. The number of pyridine rings is 1. The number of thioether (sulfide) groups is 1. The van der Waals surface area contributed by atoms with Gasteiger partial charge in [0.25, 0.3) is 0 Å². The van der Waals surface area contributed by atoms with E-state index in [1.807, 2.05) is 24.3 Å². The molecule has 0 N–H and O–H groups in total. The van der Waals surface area contributed by atoms with Gasteiger partial charge in [0.2, 0.25) is 5.91 Å². The number of aromatic nitrogens is 5. The molecule has 0 spiro atoms. The molecule has 30 heavy (non-hydrogen) atoms. The quantitative estimate of drug-likeness (QED) is 0.437. The Morgan fingerprint density at radius 2 is 2.13 bits per heavy atom. The van der Waals surface area contributed by atoms with E-state index in [9.17, 15) is 9.59 Å². The SMILES string of the molecule is CCOC(=O)C1CCCCN1C(=O)CSc1ccc2nnc(-c3cccnc3)n2n1. The van der Waals surface area contributed by atoms with Gasteiger partial charge in [-0.1, -0.05) is 11.8 Å². The van der Waals surface area contributed by atoms with Gasteiger partial charge < -0.3 is 9.64 Å². The molecular formula is C20H22N6O3S. The van der Waals surface area contributed by atoms with Gasteiger partial charge in [-0.3, -0.25) is 9.78 Å². The van der Waals surface area contributed by atoms with Crippen molar-refractivity contribution in [2.75, 3.05) is 18.9 Å². The monoisotopic (exact) mass is 426 g/mol. The van der Waals surface area contributed by atoms with E-state index >= 15 is 0 Å². The minimum atomic E-state index is -0.489. The fourth-order valence-electron chi connectivity index (χ4n) is 3.46. The van der Waals surface area contributed by atoms with Crippen LogP contribution in [0.1, 0.15) is 26.2 Å². The van der Waals surface area contributed by atoms with Crippen molar-refractivity contribution in [1.82, 2.24) is 29.7 Å². The summed E-state index contributed by atoms with van der Waals surface area (Å²) in [6.45, 7) is 2.66. The van der Waals surface area contributed by atoms with Crippen LogP contribution in [0.2, 0.25) is 0 Å². The Kier molecular flexibility index (Phi) is 6.22. The maximum Gasteiger partial charge on any atom is 0.328 e. The number of nitrogens with zero attached hydrogens (tertiary/aromatic N) is 6. The predicted octanol–water partition coefficient (Wildman–Crippen LogP) is 2.22.